The molecule has 0 bridgehead atoms. The minimum atomic E-state index is -0.182. The van der Waals surface area contributed by atoms with Gasteiger partial charge in [-0.3, -0.25) is 10.8 Å². The summed E-state index contributed by atoms with van der Waals surface area (Å²) in [6, 6.07) is 16.4. The van der Waals surface area contributed by atoms with E-state index in [9.17, 15) is 0 Å². The Hall–Kier alpha value is -3.68. The molecule has 28 heavy (non-hydrogen) atoms. The quantitative estimate of drug-likeness (QED) is 0.248. The normalized spacial score (nSPS) is 11.8. The van der Waals surface area contributed by atoms with Crippen LogP contribution in [0.1, 0.15) is 36.1 Å². The first kappa shape index (κ1) is 20.6. The summed E-state index contributed by atoms with van der Waals surface area (Å²) >= 11 is 0. The van der Waals surface area contributed by atoms with Crippen LogP contribution in [0.25, 0.3) is 0 Å². The van der Waals surface area contributed by atoms with E-state index in [2.05, 4.69) is 45.3 Å². The van der Waals surface area contributed by atoms with Crippen LogP contribution in [-0.2, 0) is 12.8 Å². The zero-order valence-electron chi connectivity index (χ0n) is 16.1. The highest BCUT2D eigenvalue weighted by atomic mass is 15.3. The van der Waals surface area contributed by atoms with Crippen molar-refractivity contribution in [2.24, 2.45) is 21.7 Å². The van der Waals surface area contributed by atoms with Gasteiger partial charge >= 0.3 is 0 Å². The Morgan fingerprint density at radius 1 is 0.714 bits per heavy atom. The van der Waals surface area contributed by atoms with E-state index in [1.165, 1.54) is 11.1 Å². The number of guanidine groups is 2. The average molecular weight is 378 g/mol. The topological polar surface area (TPSA) is 149 Å². The number of hydrogen-bond donors (Lipinski definition) is 6. The third-order valence-corrected chi connectivity index (χ3v) is 4.13. The molecule has 0 radical (unpaired) electrons. The molecule has 0 aliphatic carbocycles. The fraction of sp³-hybridized carbons (Fsp3) is 0.200. The maximum absolute atomic E-state index is 7.13. The van der Waals surface area contributed by atoms with Gasteiger partial charge in [0.1, 0.15) is 0 Å². The number of nitrogens with zero attached hydrogens (tertiary/aromatic N) is 2. The van der Waals surface area contributed by atoms with Gasteiger partial charge in [0, 0.05) is 0 Å². The predicted molar refractivity (Wildman–Crippen MR) is 115 cm³/mol. The maximum atomic E-state index is 7.13. The summed E-state index contributed by atoms with van der Waals surface area (Å²) in [5.74, 6) is -0.364. The molecule has 2 aromatic rings. The highest BCUT2D eigenvalue weighted by Gasteiger charge is 2.02. The summed E-state index contributed by atoms with van der Waals surface area (Å²) in [6.45, 7) is 3.73. The molecular formula is C20H26N8. The molecule has 146 valence electrons. The highest BCUT2D eigenvalue weighted by molar-refractivity contribution is 5.99. The third-order valence-electron chi connectivity index (χ3n) is 4.13. The van der Waals surface area contributed by atoms with Crippen molar-refractivity contribution < 1.29 is 0 Å². The van der Waals surface area contributed by atoms with Crippen molar-refractivity contribution in [2.45, 2.75) is 26.7 Å². The first-order valence-electron chi connectivity index (χ1n) is 8.82. The van der Waals surface area contributed by atoms with Gasteiger partial charge in [-0.25, -0.2) is 10.9 Å². The van der Waals surface area contributed by atoms with Crippen LogP contribution >= 0.6 is 0 Å². The number of aryl methyl sites for hydroxylation is 2. The van der Waals surface area contributed by atoms with Crippen LogP contribution in [0.5, 0.6) is 0 Å². The van der Waals surface area contributed by atoms with E-state index in [0.29, 0.717) is 0 Å². The van der Waals surface area contributed by atoms with Gasteiger partial charge in [0.05, 0.1) is 11.4 Å². The molecule has 0 spiro atoms. The summed E-state index contributed by atoms with van der Waals surface area (Å²) in [5.41, 5.74) is 21.4. The van der Waals surface area contributed by atoms with Gasteiger partial charge in [-0.05, 0) is 48.9 Å². The van der Waals surface area contributed by atoms with Crippen LogP contribution in [0.15, 0.2) is 58.7 Å². The molecule has 0 aliphatic heterocycles. The second kappa shape index (κ2) is 9.86. The lowest BCUT2D eigenvalue weighted by atomic mass is 10.0. The number of hydrazone groups is 2. The van der Waals surface area contributed by atoms with E-state index < -0.39 is 0 Å². The van der Waals surface area contributed by atoms with E-state index in [-0.39, 0.29) is 11.9 Å². The lowest BCUT2D eigenvalue weighted by molar-refractivity contribution is 0.958. The summed E-state index contributed by atoms with van der Waals surface area (Å²) < 4.78 is 0. The Labute approximate surface area is 164 Å². The van der Waals surface area contributed by atoms with Crippen molar-refractivity contribution in [1.29, 1.82) is 10.8 Å². The minimum absolute atomic E-state index is 0.182. The molecule has 8 nitrogen and oxygen atoms in total. The smallest absolute Gasteiger partial charge is 0.206 e. The lowest BCUT2D eigenvalue weighted by Crippen LogP contribution is -2.26. The fourth-order valence-electron chi connectivity index (χ4n) is 2.53. The number of benzene rings is 2. The van der Waals surface area contributed by atoms with Gasteiger partial charge in [-0.15, -0.1) is 0 Å². The Kier molecular flexibility index (Phi) is 7.27. The van der Waals surface area contributed by atoms with Crippen LogP contribution in [0.3, 0.4) is 0 Å². The highest BCUT2D eigenvalue weighted by Crippen LogP contribution is 2.11. The van der Waals surface area contributed by atoms with Crippen molar-refractivity contribution in [3.63, 3.8) is 0 Å². The standard InChI is InChI=1S/C20H26N8/c1-13(25-27-19(21)22)17-9-5-15(6-10-17)3-4-16-7-11-18(12-8-16)14(2)26-28-20(23)24/h5-12H,3-4H2,1-2H3,(H4,21,22,27)(H4,23,24,28)/b25-13+,26-14+. The molecule has 0 fully saturated rings. The van der Waals surface area contributed by atoms with Crippen molar-refractivity contribution in [3.8, 4) is 0 Å². The van der Waals surface area contributed by atoms with Gasteiger partial charge in [0.2, 0.25) is 11.9 Å². The van der Waals surface area contributed by atoms with Gasteiger partial charge in [-0.2, -0.15) is 10.2 Å². The first-order valence-corrected chi connectivity index (χ1v) is 8.82. The third kappa shape index (κ3) is 6.56. The number of rotatable bonds is 7. The van der Waals surface area contributed by atoms with Crippen LogP contribution < -0.4 is 22.3 Å². The summed E-state index contributed by atoms with van der Waals surface area (Å²) in [4.78, 5) is 0. The molecule has 0 saturated carbocycles. The Bertz CT molecular complexity index is 804. The fourth-order valence-corrected chi connectivity index (χ4v) is 2.53. The number of hydrogen-bond acceptors (Lipinski definition) is 4. The molecule has 0 saturated heterocycles. The number of nitrogens with two attached hydrogens (primary N) is 2. The van der Waals surface area contributed by atoms with Crippen molar-refractivity contribution in [2.75, 3.05) is 0 Å². The molecule has 8 N–H and O–H groups in total. The molecule has 0 amide bonds. The van der Waals surface area contributed by atoms with E-state index in [1.54, 1.807) is 0 Å². The molecule has 0 aliphatic rings. The molecule has 0 atom stereocenters. The summed E-state index contributed by atoms with van der Waals surface area (Å²) in [6.07, 6.45) is 1.86. The predicted octanol–water partition coefficient (Wildman–Crippen LogP) is 1.89. The molecule has 0 unspecified atom stereocenters. The van der Waals surface area contributed by atoms with Crippen LogP contribution in [0.4, 0.5) is 0 Å². The molecule has 2 aromatic carbocycles. The molecule has 0 heterocycles. The van der Waals surface area contributed by atoms with Crippen LogP contribution in [-0.4, -0.2) is 23.3 Å². The Balaban J connectivity index is 1.93. The van der Waals surface area contributed by atoms with Gasteiger partial charge < -0.3 is 11.5 Å². The second-order valence-electron chi connectivity index (χ2n) is 6.34. The van der Waals surface area contributed by atoms with Crippen LogP contribution in [0.2, 0.25) is 0 Å². The largest absolute Gasteiger partial charge is 0.369 e. The zero-order valence-corrected chi connectivity index (χ0v) is 16.1. The van der Waals surface area contributed by atoms with Crippen LogP contribution in [0, 0.1) is 10.8 Å². The molecule has 0 aromatic heterocycles. The van der Waals surface area contributed by atoms with Gasteiger partial charge in [0.15, 0.2) is 0 Å². The second-order valence-corrected chi connectivity index (χ2v) is 6.34. The monoisotopic (exact) mass is 378 g/mol. The lowest BCUT2D eigenvalue weighted by Gasteiger charge is -2.07. The first-order chi connectivity index (χ1) is 13.3. The SMILES string of the molecule is C/C(=N\NC(=N)N)c1ccc(CCc2ccc(/C(C)=N/NC(=N)N)cc2)cc1. The van der Waals surface area contributed by atoms with Crippen molar-refractivity contribution >= 4 is 23.3 Å². The minimum Gasteiger partial charge on any atom is -0.369 e. The van der Waals surface area contributed by atoms with Crippen molar-refractivity contribution in [3.05, 3.63) is 70.8 Å². The molecular weight excluding hydrogens is 352 g/mol. The van der Waals surface area contributed by atoms with E-state index in [4.69, 9.17) is 22.3 Å². The maximum Gasteiger partial charge on any atom is 0.206 e. The Morgan fingerprint density at radius 3 is 1.32 bits per heavy atom. The summed E-state index contributed by atoms with van der Waals surface area (Å²) in [7, 11) is 0. The number of nitrogens with one attached hydrogen (secondary N) is 4. The van der Waals surface area contributed by atoms with E-state index in [0.717, 1.165) is 35.4 Å². The molecule has 2 rings (SSSR count). The average Bonchev–Trinajstić information content (AvgIpc) is 2.69. The van der Waals surface area contributed by atoms with Gasteiger partial charge in [-0.1, -0.05) is 48.5 Å². The van der Waals surface area contributed by atoms with Crippen molar-refractivity contribution in [1.82, 2.24) is 10.9 Å². The van der Waals surface area contributed by atoms with E-state index >= 15 is 0 Å². The molecule has 8 heteroatoms. The summed E-state index contributed by atoms with van der Waals surface area (Å²) in [5, 5.41) is 22.4. The zero-order chi connectivity index (χ0) is 20.5. The van der Waals surface area contributed by atoms with E-state index in [1.807, 2.05) is 38.1 Å². The van der Waals surface area contributed by atoms with Gasteiger partial charge in [0.25, 0.3) is 0 Å². The Morgan fingerprint density at radius 2 is 1.04 bits per heavy atom.